The Balaban J connectivity index is 0.00000181. The molecule has 0 saturated heterocycles. The van der Waals surface area contributed by atoms with E-state index in [-0.39, 0.29) is 57.6 Å². The van der Waals surface area contributed by atoms with E-state index in [9.17, 15) is 13.2 Å². The van der Waals surface area contributed by atoms with E-state index in [0.29, 0.717) is 23.6 Å². The first-order valence-corrected chi connectivity index (χ1v) is 11.7. The van der Waals surface area contributed by atoms with Crippen LogP contribution in [-0.4, -0.2) is 26.0 Å². The van der Waals surface area contributed by atoms with Crippen LogP contribution in [0.2, 0.25) is 6.04 Å². The monoisotopic (exact) mass is 541 g/mol. The Morgan fingerprint density at radius 2 is 1.42 bits per heavy atom. The third-order valence-electron chi connectivity index (χ3n) is 6.03. The minimum atomic E-state index is -1.98. The quantitative estimate of drug-likeness (QED) is 0.377. The molecule has 2 aliphatic carbocycles. The van der Waals surface area contributed by atoms with Crippen molar-refractivity contribution < 1.29 is 35.0 Å². The van der Waals surface area contributed by atoms with Gasteiger partial charge in [-0.15, -0.1) is 24.8 Å². The number of nitrogens with zero attached hydrogens (tertiary/aromatic N) is 1. The normalized spacial score (nSPS) is 13.8. The smallest absolute Gasteiger partial charge is 0.375 e. The van der Waals surface area contributed by atoms with Crippen molar-refractivity contribution >= 4 is 50.4 Å². The largest absolute Gasteiger partial charge is 0.399 e. The molecule has 2 aliphatic rings. The second-order valence-corrected chi connectivity index (χ2v) is 10.7. The molecule has 0 N–H and O–H groups in total. The van der Waals surface area contributed by atoms with Crippen molar-refractivity contribution in [1.29, 1.82) is 0 Å². The van der Waals surface area contributed by atoms with Crippen LogP contribution in [0.15, 0.2) is 66.3 Å². The minimum Gasteiger partial charge on any atom is -0.375 e. The molecular weight excluding hydrogens is 515 g/mol. The van der Waals surface area contributed by atoms with Crippen LogP contribution in [0.3, 0.4) is 0 Å². The van der Waals surface area contributed by atoms with Crippen LogP contribution in [0.1, 0.15) is 49.4 Å². The second kappa shape index (κ2) is 11.4. The number of hydrogen-bond donors (Lipinski definition) is 0. The molecule has 8 heteroatoms. The second-order valence-electron chi connectivity index (χ2n) is 8.90. The van der Waals surface area contributed by atoms with E-state index >= 15 is 0 Å². The van der Waals surface area contributed by atoms with Gasteiger partial charge in [0.1, 0.15) is 0 Å². The molecule has 0 amide bonds. The van der Waals surface area contributed by atoms with Crippen molar-refractivity contribution in [3.05, 3.63) is 88.5 Å². The standard InChI is InChI=1S/C25H25F2NOSi.2ClH.Ti/c1-25(2,3)28(4)30(29)15-16-13-21-17-9-5-7-11-19(17)23(24(26)27)20-12-8-6-10-18(20)22(21)14-16;;;/h5-13H,14-15H2,1-4H3;2*1H;. The summed E-state index contributed by atoms with van der Waals surface area (Å²) < 4.78 is 43.1. The molecule has 174 valence electrons. The van der Waals surface area contributed by atoms with E-state index in [4.69, 9.17) is 0 Å². The molecule has 0 aliphatic heterocycles. The van der Waals surface area contributed by atoms with Crippen LogP contribution in [-0.2, 0) is 26.2 Å². The molecule has 4 rings (SSSR count). The van der Waals surface area contributed by atoms with Gasteiger partial charge >= 0.3 is 8.84 Å². The molecule has 0 unspecified atom stereocenters. The van der Waals surface area contributed by atoms with Crippen LogP contribution < -0.4 is 0 Å². The third kappa shape index (κ3) is 5.66. The van der Waals surface area contributed by atoms with Crippen molar-refractivity contribution in [2.24, 2.45) is 0 Å². The zero-order chi connectivity index (χ0) is 21.6. The number of fused-ring (bicyclic) bond motifs is 4. The Kier molecular flexibility index (Phi) is 10.2. The van der Waals surface area contributed by atoms with E-state index in [1.807, 2.05) is 35.9 Å². The van der Waals surface area contributed by atoms with Crippen molar-refractivity contribution in [3.63, 3.8) is 0 Å². The van der Waals surface area contributed by atoms with Gasteiger partial charge in [0, 0.05) is 40.3 Å². The molecule has 33 heavy (non-hydrogen) atoms. The predicted molar refractivity (Wildman–Crippen MR) is 134 cm³/mol. The summed E-state index contributed by atoms with van der Waals surface area (Å²) in [4.78, 5) is 0. The van der Waals surface area contributed by atoms with E-state index < -0.39 is 14.9 Å². The van der Waals surface area contributed by atoms with E-state index in [1.165, 1.54) is 0 Å². The Bertz CT molecular complexity index is 1150. The van der Waals surface area contributed by atoms with Gasteiger partial charge in [-0.3, -0.25) is 0 Å². The zero-order valence-electron chi connectivity index (χ0n) is 19.0. The van der Waals surface area contributed by atoms with Crippen LogP contribution in [0, 0.1) is 0 Å². The number of benzene rings is 2. The van der Waals surface area contributed by atoms with Gasteiger partial charge in [-0.05, 0) is 60.6 Å². The summed E-state index contributed by atoms with van der Waals surface area (Å²) in [6, 6.07) is 15.2. The van der Waals surface area contributed by atoms with Gasteiger partial charge in [0.2, 0.25) is 0 Å². The number of hydrogen-bond acceptors (Lipinski definition) is 1. The summed E-state index contributed by atoms with van der Waals surface area (Å²) in [5, 5.41) is 0. The van der Waals surface area contributed by atoms with Crippen molar-refractivity contribution in [3.8, 4) is 0 Å². The molecule has 0 heterocycles. The molecule has 0 spiro atoms. The summed E-state index contributed by atoms with van der Waals surface area (Å²) in [7, 11) is -0.0734. The molecule has 2 aromatic carbocycles. The summed E-state index contributed by atoms with van der Waals surface area (Å²) >= 11 is 0. The maximum absolute atomic E-state index is 14.1. The van der Waals surface area contributed by atoms with Crippen molar-refractivity contribution in [1.82, 2.24) is 4.57 Å². The molecule has 0 radical (unpaired) electrons. The topological polar surface area (TPSA) is 20.3 Å². The Labute approximate surface area is 223 Å². The average Bonchev–Trinajstić information content (AvgIpc) is 3.06. The van der Waals surface area contributed by atoms with E-state index in [2.05, 4.69) is 26.8 Å². The van der Waals surface area contributed by atoms with Crippen LogP contribution in [0.25, 0.3) is 16.7 Å². The Morgan fingerprint density at radius 1 is 0.939 bits per heavy atom. The van der Waals surface area contributed by atoms with Gasteiger partial charge in [0.15, 0.2) is 0 Å². The van der Waals surface area contributed by atoms with Gasteiger partial charge in [0.25, 0.3) is 6.08 Å². The predicted octanol–water partition coefficient (Wildman–Crippen LogP) is 7.39. The van der Waals surface area contributed by atoms with Gasteiger partial charge in [-0.25, -0.2) is 0 Å². The first-order chi connectivity index (χ1) is 14.2. The van der Waals surface area contributed by atoms with Crippen LogP contribution in [0.4, 0.5) is 8.78 Å². The number of allylic oxidation sites excluding steroid dienone is 4. The number of rotatable bonds is 3. The van der Waals surface area contributed by atoms with Gasteiger partial charge in [-0.2, -0.15) is 8.78 Å². The molecule has 0 saturated carbocycles. The maximum atomic E-state index is 14.1. The Morgan fingerprint density at radius 3 is 1.94 bits per heavy atom. The molecule has 0 bridgehead atoms. The minimum absolute atomic E-state index is 0. The summed E-state index contributed by atoms with van der Waals surface area (Å²) in [5.41, 5.74) is 5.69. The third-order valence-corrected chi connectivity index (χ3v) is 8.21. The summed E-state index contributed by atoms with van der Waals surface area (Å²) in [5.74, 6) is 0. The SMILES string of the molecule is CN([Si](=O)CC1=CC2=C(C1)c1ccccc1C(=C(F)F)c1ccccc12)C(C)(C)C.Cl.Cl.[Ti]. The fourth-order valence-electron chi connectivity index (χ4n) is 4.19. The molecular formula is C25H27Cl2F2NOSiTi. The van der Waals surface area contributed by atoms with Crippen molar-refractivity contribution in [2.45, 2.75) is 38.8 Å². The molecule has 0 aromatic heterocycles. The Hall–Kier alpha value is -1.37. The summed E-state index contributed by atoms with van der Waals surface area (Å²) in [6.07, 6.45) is 1.04. The first-order valence-electron chi connectivity index (χ1n) is 10.1. The van der Waals surface area contributed by atoms with Crippen LogP contribution >= 0.6 is 24.8 Å². The van der Waals surface area contributed by atoms with Gasteiger partial charge < -0.3 is 9.03 Å². The molecule has 0 atom stereocenters. The average molecular weight is 542 g/mol. The van der Waals surface area contributed by atoms with E-state index in [0.717, 1.165) is 27.8 Å². The maximum Gasteiger partial charge on any atom is 0.399 e. The van der Waals surface area contributed by atoms with Gasteiger partial charge in [-0.1, -0.05) is 60.2 Å². The molecule has 2 aromatic rings. The molecule has 2 nitrogen and oxygen atoms in total. The zero-order valence-corrected chi connectivity index (χ0v) is 23.2. The first kappa shape index (κ1) is 29.7. The fraction of sp³-hybridized carbons (Fsp3) is 0.280. The van der Waals surface area contributed by atoms with Crippen molar-refractivity contribution in [2.75, 3.05) is 7.05 Å². The van der Waals surface area contributed by atoms with Gasteiger partial charge in [0.05, 0.1) is 5.57 Å². The molecule has 0 fully saturated rings. The van der Waals surface area contributed by atoms with E-state index in [1.54, 1.807) is 24.3 Å². The fourth-order valence-corrected chi connectivity index (χ4v) is 5.80. The summed E-state index contributed by atoms with van der Waals surface area (Å²) in [6.45, 7) is 6.16. The number of halogens is 4. The van der Waals surface area contributed by atoms with Crippen LogP contribution in [0.5, 0.6) is 0 Å².